The molecular weight excluding hydrogens is 560 g/mol. The van der Waals surface area contributed by atoms with Crippen LogP contribution in [-0.4, -0.2) is 50.7 Å². The van der Waals surface area contributed by atoms with E-state index in [1.165, 1.54) is 6.92 Å². The number of rotatable bonds is 12. The molecule has 3 N–H and O–H groups in total. The summed E-state index contributed by atoms with van der Waals surface area (Å²) in [5, 5.41) is 9.27. The van der Waals surface area contributed by atoms with Crippen molar-refractivity contribution in [3.63, 3.8) is 0 Å². The molecule has 0 aliphatic heterocycles. The molecule has 234 valence electrons. The van der Waals surface area contributed by atoms with Crippen molar-refractivity contribution in [2.75, 3.05) is 33.2 Å². The number of nitrogens with one attached hydrogen (secondary N) is 3. The molecular formula is C34H42N4O6. The van der Waals surface area contributed by atoms with E-state index in [1.54, 1.807) is 45.9 Å². The summed E-state index contributed by atoms with van der Waals surface area (Å²) in [5.74, 6) is 1.26. The molecule has 0 unspecified atom stereocenters. The number of methoxy groups -OCH3 is 3. The van der Waals surface area contributed by atoms with E-state index in [0.717, 1.165) is 22.3 Å². The number of ether oxygens (including phenoxy) is 3. The number of aromatic nitrogens is 1. The fraction of sp³-hybridized carbons (Fsp3) is 0.412. The van der Waals surface area contributed by atoms with Gasteiger partial charge in [-0.15, -0.1) is 0 Å². The Morgan fingerprint density at radius 3 is 2.36 bits per heavy atom. The number of fused-ring (bicyclic) bond motifs is 3. The number of amides is 2. The molecule has 10 heteroatoms. The number of hydrogen-bond donors (Lipinski definition) is 3. The summed E-state index contributed by atoms with van der Waals surface area (Å²) in [6, 6.07) is 9.80. The largest absolute Gasteiger partial charge is 0.493 e. The second-order valence-electron chi connectivity index (χ2n) is 11.3. The fourth-order valence-corrected chi connectivity index (χ4v) is 5.72. The molecule has 1 aliphatic rings. The van der Waals surface area contributed by atoms with Crippen LogP contribution >= 0.6 is 0 Å². The number of pyridine rings is 1. The van der Waals surface area contributed by atoms with E-state index < -0.39 is 12.1 Å². The highest BCUT2D eigenvalue weighted by atomic mass is 16.5. The van der Waals surface area contributed by atoms with Crippen LogP contribution < -0.4 is 35.6 Å². The van der Waals surface area contributed by atoms with E-state index in [4.69, 9.17) is 14.2 Å². The van der Waals surface area contributed by atoms with Gasteiger partial charge in [-0.05, 0) is 84.2 Å². The zero-order chi connectivity index (χ0) is 31.8. The highest BCUT2D eigenvalue weighted by Crippen LogP contribution is 2.50. The number of benzene rings is 1. The van der Waals surface area contributed by atoms with Gasteiger partial charge < -0.3 is 30.2 Å². The Morgan fingerprint density at radius 1 is 1.00 bits per heavy atom. The van der Waals surface area contributed by atoms with Crippen molar-refractivity contribution in [2.45, 2.75) is 58.5 Å². The maximum absolute atomic E-state index is 13.8. The first-order chi connectivity index (χ1) is 21.2. The second-order valence-corrected chi connectivity index (χ2v) is 11.3. The number of aryl methyl sites for hydroxylation is 1. The zero-order valence-electron chi connectivity index (χ0n) is 26.3. The molecule has 44 heavy (non-hydrogen) atoms. The summed E-state index contributed by atoms with van der Waals surface area (Å²) in [7, 11) is 4.68. The Morgan fingerprint density at radius 2 is 1.73 bits per heavy atom. The first-order valence-electron chi connectivity index (χ1n) is 14.9. The van der Waals surface area contributed by atoms with Crippen LogP contribution in [0.3, 0.4) is 0 Å². The summed E-state index contributed by atoms with van der Waals surface area (Å²) >= 11 is 0. The van der Waals surface area contributed by atoms with Gasteiger partial charge in [0.1, 0.15) is 6.04 Å². The average molecular weight is 603 g/mol. The van der Waals surface area contributed by atoms with Gasteiger partial charge in [0.25, 0.3) is 0 Å². The van der Waals surface area contributed by atoms with E-state index in [1.807, 2.05) is 38.1 Å². The molecule has 0 saturated carbocycles. The van der Waals surface area contributed by atoms with Gasteiger partial charge in [-0.1, -0.05) is 19.9 Å². The molecule has 2 atom stereocenters. The van der Waals surface area contributed by atoms with Crippen molar-refractivity contribution in [3.05, 3.63) is 75.7 Å². The molecule has 1 aliphatic carbocycles. The van der Waals surface area contributed by atoms with Gasteiger partial charge in [0.05, 0.1) is 33.1 Å². The van der Waals surface area contributed by atoms with Crippen LogP contribution in [0.5, 0.6) is 17.2 Å². The first kappa shape index (κ1) is 32.3. The third-order valence-corrected chi connectivity index (χ3v) is 7.73. The Hall–Kier alpha value is -4.60. The van der Waals surface area contributed by atoms with Crippen molar-refractivity contribution < 1.29 is 23.8 Å². The minimum Gasteiger partial charge on any atom is -0.493 e. The Kier molecular flexibility index (Phi) is 10.8. The van der Waals surface area contributed by atoms with Crippen molar-refractivity contribution in [1.82, 2.24) is 15.6 Å². The third-order valence-electron chi connectivity index (χ3n) is 7.73. The number of carbonyl (C=O) groups excluding carboxylic acids is 2. The van der Waals surface area contributed by atoms with Crippen LogP contribution in [0, 0.1) is 5.92 Å². The number of hydrogen-bond acceptors (Lipinski definition) is 8. The number of carbonyl (C=O) groups is 2. The molecule has 0 radical (unpaired) electrons. The van der Waals surface area contributed by atoms with Crippen LogP contribution in [0.1, 0.15) is 56.3 Å². The molecule has 0 spiro atoms. The lowest BCUT2D eigenvalue weighted by atomic mass is 9.95. The summed E-state index contributed by atoms with van der Waals surface area (Å²) in [6.45, 7) is 5.99. The van der Waals surface area contributed by atoms with Gasteiger partial charge >= 0.3 is 0 Å². The lowest BCUT2D eigenvalue weighted by Gasteiger charge is -2.20. The summed E-state index contributed by atoms with van der Waals surface area (Å²) in [5.41, 5.74) is 4.16. The first-order valence-corrected chi connectivity index (χ1v) is 14.9. The average Bonchev–Trinajstić information content (AvgIpc) is 3.24. The number of nitrogens with zero attached hydrogens (tertiary/aromatic N) is 1. The van der Waals surface area contributed by atoms with E-state index in [0.29, 0.717) is 55.0 Å². The Bertz CT molecular complexity index is 1540. The molecule has 10 nitrogen and oxygen atoms in total. The molecule has 0 saturated heterocycles. The second kappa shape index (κ2) is 14.7. The van der Waals surface area contributed by atoms with Crippen LogP contribution in [-0.2, 0) is 22.4 Å². The quantitative estimate of drug-likeness (QED) is 0.278. The summed E-state index contributed by atoms with van der Waals surface area (Å²) in [6.07, 6.45) is 5.81. The van der Waals surface area contributed by atoms with Crippen molar-refractivity contribution >= 4 is 17.5 Å². The van der Waals surface area contributed by atoms with Crippen molar-refractivity contribution in [2.24, 2.45) is 5.92 Å². The molecule has 2 amide bonds. The van der Waals surface area contributed by atoms with E-state index >= 15 is 0 Å². The van der Waals surface area contributed by atoms with Gasteiger partial charge in [0.2, 0.25) is 23.0 Å². The van der Waals surface area contributed by atoms with E-state index in [2.05, 4.69) is 20.9 Å². The lowest BCUT2D eigenvalue weighted by molar-refractivity contribution is -0.122. The predicted octanol–water partition coefficient (Wildman–Crippen LogP) is 4.44. The predicted molar refractivity (Wildman–Crippen MR) is 170 cm³/mol. The van der Waals surface area contributed by atoms with E-state index in [9.17, 15) is 14.4 Å². The minimum absolute atomic E-state index is 0.180. The molecule has 0 bridgehead atoms. The summed E-state index contributed by atoms with van der Waals surface area (Å²) < 4.78 is 17.1. The topological polar surface area (TPSA) is 128 Å². The van der Waals surface area contributed by atoms with Crippen LogP contribution in [0.25, 0.3) is 11.1 Å². The van der Waals surface area contributed by atoms with Gasteiger partial charge in [0, 0.05) is 31.4 Å². The van der Waals surface area contributed by atoms with Crippen LogP contribution in [0.15, 0.2) is 53.6 Å². The smallest absolute Gasteiger partial charge is 0.242 e. The molecule has 0 fully saturated rings. The van der Waals surface area contributed by atoms with Gasteiger partial charge in [-0.3, -0.25) is 19.4 Å². The zero-order valence-corrected chi connectivity index (χ0v) is 26.3. The van der Waals surface area contributed by atoms with Crippen LogP contribution in [0.4, 0.5) is 5.69 Å². The molecule has 1 heterocycles. The standard InChI is InChI=1S/C34H42N4O6/c1-20(2)17-28(34(41)36-16-13-22-11-14-35-15-12-22)38-27-10-8-24-25(19-29(27)40)26(37-21(3)39)9-7-23-18-30(42-4)32(43-5)33(44-6)31(23)24/h8,10-12,14-15,18-20,26,28H,7,9,13,16-17H2,1-6H3,(H,36,41)(H,37,39)(H,38,40)/t26-,28-/m0/s1. The molecule has 4 rings (SSSR count). The van der Waals surface area contributed by atoms with E-state index in [-0.39, 0.29) is 28.8 Å². The van der Waals surface area contributed by atoms with Crippen LogP contribution in [0.2, 0.25) is 0 Å². The number of anilines is 1. The molecule has 2 aromatic carbocycles. The highest BCUT2D eigenvalue weighted by Gasteiger charge is 2.30. The van der Waals surface area contributed by atoms with Gasteiger partial charge in [-0.25, -0.2) is 0 Å². The minimum atomic E-state index is -0.625. The molecule has 1 aromatic heterocycles. The monoisotopic (exact) mass is 602 g/mol. The molecule has 3 aromatic rings. The highest BCUT2D eigenvalue weighted by molar-refractivity contribution is 5.86. The van der Waals surface area contributed by atoms with Crippen molar-refractivity contribution in [1.29, 1.82) is 0 Å². The normalized spacial score (nSPS) is 14.4. The lowest BCUT2D eigenvalue weighted by Crippen LogP contribution is -2.42. The Balaban J connectivity index is 1.76. The van der Waals surface area contributed by atoms with Gasteiger partial charge in [-0.2, -0.15) is 0 Å². The summed E-state index contributed by atoms with van der Waals surface area (Å²) in [4.78, 5) is 43.4. The van der Waals surface area contributed by atoms with Crippen molar-refractivity contribution in [3.8, 4) is 28.4 Å². The third kappa shape index (κ3) is 7.48. The maximum atomic E-state index is 13.8. The SMILES string of the molecule is COc1cc2c(c(OC)c1OC)-c1ccc(N[C@@H](CC(C)C)C(=O)NCCc3ccncc3)c(=O)cc1[C@@H](NC(C)=O)CC2. The van der Waals surface area contributed by atoms with Gasteiger partial charge in [0.15, 0.2) is 11.5 Å². The maximum Gasteiger partial charge on any atom is 0.242 e. The Labute approximate surface area is 258 Å². The fourth-order valence-electron chi connectivity index (χ4n) is 5.72.